The molecule has 20 heavy (non-hydrogen) atoms. The first kappa shape index (κ1) is 16.7. The molecule has 0 aromatic heterocycles. The summed E-state index contributed by atoms with van der Waals surface area (Å²) in [6.45, 7) is -0.226. The summed E-state index contributed by atoms with van der Waals surface area (Å²) in [6.07, 6.45) is 0. The third-order valence-electron chi connectivity index (χ3n) is 2.81. The second kappa shape index (κ2) is 7.44. The van der Waals surface area contributed by atoms with E-state index in [1.54, 1.807) is 18.2 Å². The van der Waals surface area contributed by atoms with Crippen LogP contribution < -0.4 is 10.1 Å². The molecular formula is C13H18ClNO5. The first-order chi connectivity index (χ1) is 9.46. The van der Waals surface area contributed by atoms with Crippen LogP contribution in [0.5, 0.6) is 5.75 Å². The number of benzene rings is 1. The second-order valence-corrected chi connectivity index (χ2v) is 4.91. The van der Waals surface area contributed by atoms with Crippen molar-refractivity contribution in [1.82, 2.24) is 5.32 Å². The first-order valence-electron chi connectivity index (χ1n) is 5.99. The van der Waals surface area contributed by atoms with Crippen molar-refractivity contribution in [3.05, 3.63) is 28.8 Å². The molecule has 0 aliphatic heterocycles. The number of hydrogen-bond donors (Lipinski definition) is 4. The van der Waals surface area contributed by atoms with Gasteiger partial charge in [0.25, 0.3) is 5.91 Å². The zero-order chi connectivity index (χ0) is 15.2. The van der Waals surface area contributed by atoms with Gasteiger partial charge in [0.2, 0.25) is 0 Å². The van der Waals surface area contributed by atoms with Crippen molar-refractivity contribution in [1.29, 1.82) is 0 Å². The topological polar surface area (TPSA) is 99.0 Å². The molecule has 1 amide bonds. The van der Waals surface area contributed by atoms with Crippen LogP contribution in [0.1, 0.15) is 5.56 Å². The summed E-state index contributed by atoms with van der Waals surface area (Å²) in [5, 5.41) is 30.2. The molecule has 1 aromatic carbocycles. The van der Waals surface area contributed by atoms with Gasteiger partial charge < -0.3 is 25.4 Å². The van der Waals surface area contributed by atoms with Gasteiger partial charge in [-0.2, -0.15) is 0 Å². The standard InChI is InChI=1S/C13H18ClNO5/c1-9-4-10(2-3-11(9)14)20-5-12(19)15-13(6-16,7-17)8-18/h2-4,16-18H,5-8H2,1H3,(H,15,19). The van der Waals surface area contributed by atoms with Crippen LogP contribution in [-0.2, 0) is 4.79 Å². The maximum atomic E-state index is 11.7. The van der Waals surface area contributed by atoms with Gasteiger partial charge in [-0.15, -0.1) is 0 Å². The molecule has 1 aromatic rings. The Kier molecular flexibility index (Phi) is 6.22. The van der Waals surface area contributed by atoms with E-state index in [0.717, 1.165) is 5.56 Å². The van der Waals surface area contributed by atoms with Crippen molar-refractivity contribution in [2.24, 2.45) is 0 Å². The Balaban J connectivity index is 2.56. The van der Waals surface area contributed by atoms with Crippen molar-refractivity contribution in [2.45, 2.75) is 12.5 Å². The van der Waals surface area contributed by atoms with E-state index in [1.807, 2.05) is 6.92 Å². The lowest BCUT2D eigenvalue weighted by Gasteiger charge is -2.28. The lowest BCUT2D eigenvalue weighted by molar-refractivity contribution is -0.127. The minimum atomic E-state index is -1.45. The van der Waals surface area contributed by atoms with Crippen LogP contribution in [0.3, 0.4) is 0 Å². The number of carbonyl (C=O) groups excluding carboxylic acids is 1. The minimum absolute atomic E-state index is 0.303. The van der Waals surface area contributed by atoms with Gasteiger partial charge in [0, 0.05) is 5.02 Å². The van der Waals surface area contributed by atoms with Gasteiger partial charge in [-0.05, 0) is 30.7 Å². The van der Waals surface area contributed by atoms with Crippen molar-refractivity contribution < 1.29 is 24.9 Å². The number of amides is 1. The minimum Gasteiger partial charge on any atom is -0.484 e. The summed E-state index contributed by atoms with van der Waals surface area (Å²) in [5.41, 5.74) is -0.629. The van der Waals surface area contributed by atoms with E-state index in [4.69, 9.17) is 31.7 Å². The molecule has 1 rings (SSSR count). The highest BCUT2D eigenvalue weighted by molar-refractivity contribution is 6.31. The monoisotopic (exact) mass is 303 g/mol. The van der Waals surface area contributed by atoms with E-state index in [9.17, 15) is 4.79 Å². The summed E-state index contributed by atoms with van der Waals surface area (Å²) in [6, 6.07) is 4.97. The molecule has 6 nitrogen and oxygen atoms in total. The predicted molar refractivity (Wildman–Crippen MR) is 73.8 cm³/mol. The van der Waals surface area contributed by atoms with E-state index in [0.29, 0.717) is 10.8 Å². The molecule has 112 valence electrons. The summed E-state index contributed by atoms with van der Waals surface area (Å²) in [5.74, 6) is -0.0839. The molecule has 7 heteroatoms. The third kappa shape index (κ3) is 4.35. The lowest BCUT2D eigenvalue weighted by atomic mass is 10.0. The second-order valence-electron chi connectivity index (χ2n) is 4.50. The summed E-state index contributed by atoms with van der Waals surface area (Å²) >= 11 is 5.87. The van der Waals surface area contributed by atoms with Gasteiger partial charge in [-0.3, -0.25) is 4.79 Å². The zero-order valence-electron chi connectivity index (χ0n) is 11.1. The molecule has 0 spiro atoms. The quantitative estimate of drug-likeness (QED) is 0.562. The number of halogens is 1. The zero-order valence-corrected chi connectivity index (χ0v) is 11.9. The number of nitrogens with one attached hydrogen (secondary N) is 1. The van der Waals surface area contributed by atoms with Crippen molar-refractivity contribution in [3.63, 3.8) is 0 Å². The molecule has 0 bridgehead atoms. The highest BCUT2D eigenvalue weighted by atomic mass is 35.5. The van der Waals surface area contributed by atoms with Gasteiger partial charge in [-0.25, -0.2) is 0 Å². The maximum absolute atomic E-state index is 11.7. The fraction of sp³-hybridized carbons (Fsp3) is 0.462. The van der Waals surface area contributed by atoms with E-state index in [-0.39, 0.29) is 6.61 Å². The number of carbonyl (C=O) groups is 1. The largest absolute Gasteiger partial charge is 0.484 e. The third-order valence-corrected chi connectivity index (χ3v) is 3.24. The van der Waals surface area contributed by atoms with E-state index >= 15 is 0 Å². The molecule has 0 aliphatic rings. The summed E-state index contributed by atoms with van der Waals surface area (Å²) in [4.78, 5) is 11.7. The van der Waals surface area contributed by atoms with Crippen LogP contribution in [0.25, 0.3) is 0 Å². The smallest absolute Gasteiger partial charge is 0.258 e. The number of aliphatic hydroxyl groups is 3. The van der Waals surface area contributed by atoms with Crippen LogP contribution in [0.2, 0.25) is 5.02 Å². The van der Waals surface area contributed by atoms with Gasteiger partial charge in [-0.1, -0.05) is 11.6 Å². The number of aryl methyl sites for hydroxylation is 1. The van der Waals surface area contributed by atoms with E-state index < -0.39 is 31.3 Å². The van der Waals surface area contributed by atoms with Crippen molar-refractivity contribution in [2.75, 3.05) is 26.4 Å². The number of hydrogen-bond acceptors (Lipinski definition) is 5. The fourth-order valence-electron chi connectivity index (χ4n) is 1.46. The Bertz CT molecular complexity index is 454. The molecule has 0 saturated carbocycles. The molecule has 0 heterocycles. The molecule has 0 fully saturated rings. The Morgan fingerprint density at radius 2 is 1.90 bits per heavy atom. The Labute approximate surface area is 121 Å². The average Bonchev–Trinajstić information content (AvgIpc) is 2.46. The normalized spacial score (nSPS) is 11.2. The Morgan fingerprint density at radius 1 is 1.30 bits per heavy atom. The highest BCUT2D eigenvalue weighted by Gasteiger charge is 2.29. The molecule has 0 unspecified atom stereocenters. The van der Waals surface area contributed by atoms with Crippen LogP contribution in [0.15, 0.2) is 18.2 Å². The SMILES string of the molecule is Cc1cc(OCC(=O)NC(CO)(CO)CO)ccc1Cl. The Morgan fingerprint density at radius 3 is 2.40 bits per heavy atom. The van der Waals surface area contributed by atoms with Crippen molar-refractivity contribution >= 4 is 17.5 Å². The average molecular weight is 304 g/mol. The van der Waals surface area contributed by atoms with Crippen LogP contribution in [0, 0.1) is 6.92 Å². The van der Waals surface area contributed by atoms with Crippen LogP contribution in [0.4, 0.5) is 0 Å². The highest BCUT2D eigenvalue weighted by Crippen LogP contribution is 2.20. The molecule has 0 aliphatic carbocycles. The Hall–Kier alpha value is -1.34. The van der Waals surface area contributed by atoms with Gasteiger partial charge in [0.05, 0.1) is 19.8 Å². The first-order valence-corrected chi connectivity index (χ1v) is 6.36. The molecular weight excluding hydrogens is 286 g/mol. The molecule has 0 atom stereocenters. The van der Waals surface area contributed by atoms with Crippen molar-refractivity contribution in [3.8, 4) is 5.75 Å². The van der Waals surface area contributed by atoms with Gasteiger partial charge in [0.1, 0.15) is 11.3 Å². The van der Waals surface area contributed by atoms with E-state index in [2.05, 4.69) is 5.32 Å². The maximum Gasteiger partial charge on any atom is 0.258 e. The molecule has 4 N–H and O–H groups in total. The van der Waals surface area contributed by atoms with Crippen LogP contribution >= 0.6 is 11.6 Å². The summed E-state index contributed by atoms with van der Waals surface area (Å²) in [7, 11) is 0. The van der Waals surface area contributed by atoms with Gasteiger partial charge >= 0.3 is 0 Å². The lowest BCUT2D eigenvalue weighted by Crippen LogP contribution is -2.58. The molecule has 0 radical (unpaired) electrons. The van der Waals surface area contributed by atoms with Crippen LogP contribution in [-0.4, -0.2) is 53.2 Å². The predicted octanol–water partition coefficient (Wildman–Crippen LogP) is -0.141. The molecule has 0 saturated heterocycles. The number of rotatable bonds is 7. The van der Waals surface area contributed by atoms with E-state index in [1.165, 1.54) is 0 Å². The summed E-state index contributed by atoms with van der Waals surface area (Å²) < 4.78 is 5.27. The number of aliphatic hydroxyl groups excluding tert-OH is 3. The fourth-order valence-corrected chi connectivity index (χ4v) is 1.57. The van der Waals surface area contributed by atoms with Gasteiger partial charge in [0.15, 0.2) is 6.61 Å². The number of ether oxygens (including phenoxy) is 1.